The maximum atomic E-state index is 12.7. The third-order valence-corrected chi connectivity index (χ3v) is 6.75. The average Bonchev–Trinajstić information content (AvgIpc) is 3.06. The minimum atomic E-state index is -0.0480. The van der Waals surface area contributed by atoms with E-state index >= 15 is 0 Å². The van der Waals surface area contributed by atoms with Gasteiger partial charge in [0.05, 0.1) is 4.88 Å². The topological polar surface area (TPSA) is 29.1 Å². The van der Waals surface area contributed by atoms with E-state index in [2.05, 4.69) is 18.3 Å². The number of anilines is 1. The summed E-state index contributed by atoms with van der Waals surface area (Å²) in [6.45, 7) is 2.11. The first-order chi connectivity index (χ1) is 12.1. The number of thiophene rings is 1. The molecule has 1 aliphatic heterocycles. The zero-order chi connectivity index (χ0) is 17.4. The van der Waals surface area contributed by atoms with E-state index in [9.17, 15) is 4.79 Å². The van der Waals surface area contributed by atoms with Gasteiger partial charge in [-0.25, -0.2) is 0 Å². The summed E-state index contributed by atoms with van der Waals surface area (Å²) in [4.78, 5) is 15.8. The Hall–Kier alpha value is -1.75. The zero-order valence-electron chi connectivity index (χ0n) is 13.6. The predicted molar refractivity (Wildman–Crippen MR) is 108 cm³/mol. The van der Waals surface area contributed by atoms with E-state index in [0.717, 1.165) is 27.8 Å². The van der Waals surface area contributed by atoms with Crippen molar-refractivity contribution in [2.24, 2.45) is 0 Å². The van der Waals surface area contributed by atoms with Crippen LogP contribution in [-0.2, 0) is 12.2 Å². The Balaban J connectivity index is 1.62. The molecule has 0 bridgehead atoms. The normalized spacial score (nSPS) is 12.4. The fraction of sp³-hybridized carbons (Fsp3) is 0.150. The minimum Gasteiger partial charge on any atom is -0.321 e. The Morgan fingerprint density at radius 3 is 2.92 bits per heavy atom. The van der Waals surface area contributed by atoms with Gasteiger partial charge in [-0.05, 0) is 47.9 Å². The number of carbonyl (C=O) groups excluding carboxylic acids is 1. The molecular formula is C20H16ClNOS2. The predicted octanol–water partition coefficient (Wildman–Crippen LogP) is 6.49. The summed E-state index contributed by atoms with van der Waals surface area (Å²) in [7, 11) is 0. The molecule has 0 radical (unpaired) electrons. The van der Waals surface area contributed by atoms with E-state index in [1.54, 1.807) is 23.1 Å². The van der Waals surface area contributed by atoms with Crippen LogP contribution in [0.15, 0.2) is 53.4 Å². The zero-order valence-corrected chi connectivity index (χ0v) is 16.0. The standard InChI is InChI=1S/C20H16ClNOS2/c1-2-12-4-3-5-15(8-12)22-20(23)18-9-13-11-24-17-10-14(21)6-7-16(17)19(13)25-18/h3-10H,2,11H2,1H3,(H,22,23). The number of halogens is 1. The van der Waals surface area contributed by atoms with Gasteiger partial charge < -0.3 is 5.32 Å². The molecule has 0 spiro atoms. The molecule has 1 aliphatic rings. The lowest BCUT2D eigenvalue weighted by atomic mass is 10.1. The second-order valence-corrected chi connectivity index (χ2v) is 8.41. The van der Waals surface area contributed by atoms with Crippen molar-refractivity contribution in [1.29, 1.82) is 0 Å². The Labute approximate surface area is 160 Å². The molecular weight excluding hydrogens is 370 g/mol. The Kier molecular flexibility index (Phi) is 4.59. The van der Waals surface area contributed by atoms with Gasteiger partial charge in [-0.15, -0.1) is 23.1 Å². The van der Waals surface area contributed by atoms with Gasteiger partial charge in [0.15, 0.2) is 0 Å². The van der Waals surface area contributed by atoms with Crippen molar-refractivity contribution >= 4 is 46.3 Å². The van der Waals surface area contributed by atoms with Crippen LogP contribution in [0.4, 0.5) is 5.69 Å². The minimum absolute atomic E-state index is 0.0480. The molecule has 2 heterocycles. The molecule has 5 heteroatoms. The number of benzene rings is 2. The molecule has 3 aromatic rings. The van der Waals surface area contributed by atoms with Gasteiger partial charge in [-0.3, -0.25) is 4.79 Å². The first-order valence-corrected chi connectivity index (χ1v) is 10.3. The molecule has 126 valence electrons. The Morgan fingerprint density at radius 2 is 2.08 bits per heavy atom. The molecule has 0 fully saturated rings. The van der Waals surface area contributed by atoms with Crippen LogP contribution in [0.5, 0.6) is 0 Å². The van der Waals surface area contributed by atoms with Crippen LogP contribution in [0.25, 0.3) is 10.4 Å². The fourth-order valence-corrected chi connectivity index (χ4v) is 5.48. The third-order valence-electron chi connectivity index (χ3n) is 4.20. The van der Waals surface area contributed by atoms with Gasteiger partial charge in [-0.2, -0.15) is 0 Å². The fourth-order valence-electron chi connectivity index (χ4n) is 2.90. The van der Waals surface area contributed by atoms with Crippen molar-refractivity contribution in [1.82, 2.24) is 0 Å². The van der Waals surface area contributed by atoms with Gasteiger partial charge in [0.2, 0.25) is 0 Å². The summed E-state index contributed by atoms with van der Waals surface area (Å²) >= 11 is 9.42. The van der Waals surface area contributed by atoms with E-state index in [1.807, 2.05) is 42.5 Å². The van der Waals surface area contributed by atoms with Gasteiger partial charge in [0.1, 0.15) is 0 Å². The second kappa shape index (κ2) is 6.87. The lowest BCUT2D eigenvalue weighted by Gasteiger charge is -2.15. The lowest BCUT2D eigenvalue weighted by Crippen LogP contribution is -2.10. The van der Waals surface area contributed by atoms with Gasteiger partial charge >= 0.3 is 0 Å². The highest BCUT2D eigenvalue weighted by Crippen LogP contribution is 2.46. The number of carbonyl (C=O) groups is 1. The molecule has 2 nitrogen and oxygen atoms in total. The average molecular weight is 386 g/mol. The number of fused-ring (bicyclic) bond motifs is 3. The van der Waals surface area contributed by atoms with E-state index < -0.39 is 0 Å². The van der Waals surface area contributed by atoms with Crippen molar-refractivity contribution in [2.75, 3.05) is 5.32 Å². The van der Waals surface area contributed by atoms with Crippen molar-refractivity contribution in [3.8, 4) is 10.4 Å². The first kappa shape index (κ1) is 16.7. The molecule has 1 aromatic heterocycles. The monoisotopic (exact) mass is 385 g/mol. The third kappa shape index (κ3) is 3.34. The van der Waals surface area contributed by atoms with Crippen molar-refractivity contribution in [3.05, 3.63) is 69.6 Å². The summed E-state index contributed by atoms with van der Waals surface area (Å²) in [5.41, 5.74) is 4.45. The van der Waals surface area contributed by atoms with E-state index in [0.29, 0.717) is 0 Å². The van der Waals surface area contributed by atoms with Crippen molar-refractivity contribution in [3.63, 3.8) is 0 Å². The molecule has 0 unspecified atom stereocenters. The molecule has 0 saturated heterocycles. The second-order valence-electron chi connectivity index (χ2n) is 5.90. The van der Waals surface area contributed by atoms with Gasteiger partial charge in [0.25, 0.3) is 5.91 Å². The van der Waals surface area contributed by atoms with Crippen LogP contribution >= 0.6 is 34.7 Å². The molecule has 1 N–H and O–H groups in total. The lowest BCUT2D eigenvalue weighted by molar-refractivity contribution is 0.103. The van der Waals surface area contributed by atoms with Crippen molar-refractivity contribution in [2.45, 2.75) is 24.0 Å². The Bertz CT molecular complexity index is 964. The summed E-state index contributed by atoms with van der Waals surface area (Å²) in [6, 6.07) is 16.0. The molecule has 0 saturated carbocycles. The highest BCUT2D eigenvalue weighted by atomic mass is 35.5. The SMILES string of the molecule is CCc1cccc(NC(=O)c2cc3c(s2)-c2ccc(Cl)cc2SC3)c1. The van der Waals surface area contributed by atoms with Gasteiger partial charge in [-0.1, -0.05) is 36.7 Å². The summed E-state index contributed by atoms with van der Waals surface area (Å²) in [5.74, 6) is 0.825. The number of rotatable bonds is 3. The summed E-state index contributed by atoms with van der Waals surface area (Å²) in [6.07, 6.45) is 0.952. The van der Waals surface area contributed by atoms with Crippen LogP contribution < -0.4 is 5.32 Å². The quantitative estimate of drug-likeness (QED) is 0.558. The van der Waals surface area contributed by atoms with Crippen LogP contribution in [0.2, 0.25) is 5.02 Å². The molecule has 0 aliphatic carbocycles. The summed E-state index contributed by atoms with van der Waals surface area (Å²) < 4.78 is 0. The molecule has 25 heavy (non-hydrogen) atoms. The van der Waals surface area contributed by atoms with Crippen LogP contribution in [0.1, 0.15) is 27.7 Å². The summed E-state index contributed by atoms with van der Waals surface area (Å²) in [5, 5.41) is 3.77. The van der Waals surface area contributed by atoms with E-state index in [-0.39, 0.29) is 5.91 Å². The number of hydrogen-bond acceptors (Lipinski definition) is 3. The highest BCUT2D eigenvalue weighted by molar-refractivity contribution is 7.98. The molecule has 1 amide bonds. The van der Waals surface area contributed by atoms with Crippen LogP contribution in [0, 0.1) is 0 Å². The first-order valence-electron chi connectivity index (χ1n) is 8.10. The maximum absolute atomic E-state index is 12.7. The number of thioether (sulfide) groups is 1. The number of aryl methyl sites for hydroxylation is 1. The number of amides is 1. The molecule has 2 aromatic carbocycles. The van der Waals surface area contributed by atoms with E-state index in [1.165, 1.54) is 26.5 Å². The van der Waals surface area contributed by atoms with Crippen LogP contribution in [0.3, 0.4) is 0 Å². The Morgan fingerprint density at radius 1 is 1.20 bits per heavy atom. The number of nitrogens with one attached hydrogen (secondary N) is 1. The highest BCUT2D eigenvalue weighted by Gasteiger charge is 2.22. The molecule has 4 rings (SSSR count). The van der Waals surface area contributed by atoms with Gasteiger partial charge in [0, 0.05) is 31.8 Å². The van der Waals surface area contributed by atoms with E-state index in [4.69, 9.17) is 11.6 Å². The largest absolute Gasteiger partial charge is 0.321 e. The van der Waals surface area contributed by atoms with Crippen molar-refractivity contribution < 1.29 is 4.79 Å². The number of hydrogen-bond donors (Lipinski definition) is 1. The molecule has 0 atom stereocenters. The maximum Gasteiger partial charge on any atom is 0.265 e. The van der Waals surface area contributed by atoms with Crippen LogP contribution in [-0.4, -0.2) is 5.91 Å². The smallest absolute Gasteiger partial charge is 0.265 e.